The number of sulfonamides is 1. The Kier molecular flexibility index (Phi) is 4.93. The van der Waals surface area contributed by atoms with Gasteiger partial charge in [-0.15, -0.1) is 0 Å². The Morgan fingerprint density at radius 2 is 1.89 bits per heavy atom. The quantitative estimate of drug-likeness (QED) is 0.810. The van der Waals surface area contributed by atoms with Crippen molar-refractivity contribution in [1.29, 1.82) is 0 Å². The van der Waals surface area contributed by atoms with Crippen LogP contribution in [0.4, 0.5) is 10.1 Å². The molecule has 3 rings (SSSR count). The third kappa shape index (κ3) is 3.40. The summed E-state index contributed by atoms with van der Waals surface area (Å²) in [6.07, 6.45) is 0. The summed E-state index contributed by atoms with van der Waals surface area (Å²) in [7, 11) is -4.03. The minimum atomic E-state index is -4.03. The third-order valence-electron chi connectivity index (χ3n) is 4.17. The SMILES string of the molecule is CCOC(=O)C1=C(O)CN(S(=O)(=O)c2ccc(C)cc2)c2ccc(F)cc21. The van der Waals surface area contributed by atoms with E-state index in [1.54, 1.807) is 19.1 Å². The molecule has 2 aromatic carbocycles. The van der Waals surface area contributed by atoms with Crippen LogP contribution in [0.25, 0.3) is 5.57 Å². The molecule has 1 N–H and O–H groups in total. The van der Waals surface area contributed by atoms with Crippen LogP contribution in [0.1, 0.15) is 18.1 Å². The summed E-state index contributed by atoms with van der Waals surface area (Å²) in [5.74, 6) is -2.01. The second-order valence-corrected chi connectivity index (χ2v) is 7.89. The van der Waals surface area contributed by atoms with Crippen LogP contribution >= 0.6 is 0 Å². The van der Waals surface area contributed by atoms with Crippen molar-refractivity contribution < 1.29 is 27.4 Å². The maximum atomic E-state index is 13.8. The van der Waals surface area contributed by atoms with Gasteiger partial charge in [0.2, 0.25) is 0 Å². The average molecular weight is 391 g/mol. The van der Waals surface area contributed by atoms with Crippen molar-refractivity contribution in [2.24, 2.45) is 0 Å². The van der Waals surface area contributed by atoms with Crippen molar-refractivity contribution in [3.8, 4) is 0 Å². The highest BCUT2D eigenvalue weighted by Crippen LogP contribution is 2.38. The maximum absolute atomic E-state index is 13.8. The number of aliphatic hydroxyl groups is 1. The number of halogens is 1. The molecule has 1 aliphatic rings. The minimum absolute atomic E-state index is 0.0239. The fourth-order valence-electron chi connectivity index (χ4n) is 2.86. The molecule has 0 fully saturated rings. The van der Waals surface area contributed by atoms with E-state index in [-0.39, 0.29) is 28.3 Å². The van der Waals surface area contributed by atoms with Gasteiger partial charge in [-0.05, 0) is 44.2 Å². The molecule has 1 heterocycles. The predicted octanol–water partition coefficient (Wildman–Crippen LogP) is 3.18. The van der Waals surface area contributed by atoms with Gasteiger partial charge in [-0.3, -0.25) is 4.31 Å². The molecule has 0 aliphatic carbocycles. The highest BCUT2D eigenvalue weighted by atomic mass is 32.2. The molecule has 8 heteroatoms. The molecule has 0 unspecified atom stereocenters. The third-order valence-corrected chi connectivity index (χ3v) is 5.94. The molecule has 0 aromatic heterocycles. The number of ether oxygens (including phenoxy) is 1. The number of hydrogen-bond donors (Lipinski definition) is 1. The number of benzene rings is 2. The highest BCUT2D eigenvalue weighted by molar-refractivity contribution is 7.92. The zero-order valence-electron chi connectivity index (χ0n) is 14.8. The van der Waals surface area contributed by atoms with Crippen molar-refractivity contribution in [2.75, 3.05) is 17.5 Å². The number of rotatable bonds is 4. The van der Waals surface area contributed by atoms with E-state index in [4.69, 9.17) is 4.74 Å². The Bertz CT molecular complexity index is 1030. The van der Waals surface area contributed by atoms with Gasteiger partial charge in [-0.2, -0.15) is 0 Å². The first-order chi connectivity index (χ1) is 12.8. The van der Waals surface area contributed by atoms with Crippen molar-refractivity contribution in [3.05, 3.63) is 65.2 Å². The van der Waals surface area contributed by atoms with Gasteiger partial charge in [0.25, 0.3) is 10.0 Å². The van der Waals surface area contributed by atoms with E-state index >= 15 is 0 Å². The smallest absolute Gasteiger partial charge is 0.342 e. The van der Waals surface area contributed by atoms with Crippen LogP contribution in [0, 0.1) is 12.7 Å². The zero-order valence-corrected chi connectivity index (χ0v) is 15.6. The normalized spacial score (nSPS) is 14.1. The van der Waals surface area contributed by atoms with E-state index in [0.717, 1.165) is 22.0 Å². The van der Waals surface area contributed by atoms with E-state index in [9.17, 15) is 22.7 Å². The Labute approximate surface area is 156 Å². The Hall–Kier alpha value is -2.87. The largest absolute Gasteiger partial charge is 0.509 e. The molecule has 6 nitrogen and oxygen atoms in total. The molecule has 0 bridgehead atoms. The Balaban J connectivity index is 2.16. The lowest BCUT2D eigenvalue weighted by Crippen LogP contribution is -2.37. The summed E-state index contributed by atoms with van der Waals surface area (Å²) in [5, 5.41) is 10.4. The lowest BCUT2D eigenvalue weighted by atomic mass is 9.99. The van der Waals surface area contributed by atoms with Crippen molar-refractivity contribution in [2.45, 2.75) is 18.7 Å². The first-order valence-electron chi connectivity index (χ1n) is 8.24. The molecule has 2 aromatic rings. The highest BCUT2D eigenvalue weighted by Gasteiger charge is 2.36. The molecule has 0 spiro atoms. The van der Waals surface area contributed by atoms with Gasteiger partial charge in [-0.25, -0.2) is 17.6 Å². The van der Waals surface area contributed by atoms with Crippen LogP contribution in [0.15, 0.2) is 53.1 Å². The number of nitrogens with zero attached hydrogens (tertiary/aromatic N) is 1. The number of aliphatic hydroxyl groups excluding tert-OH is 1. The summed E-state index contributed by atoms with van der Waals surface area (Å²) in [6.45, 7) is 3.03. The second kappa shape index (κ2) is 7.03. The minimum Gasteiger partial charge on any atom is -0.509 e. The molecule has 0 saturated heterocycles. The van der Waals surface area contributed by atoms with Crippen LogP contribution in [0.5, 0.6) is 0 Å². The van der Waals surface area contributed by atoms with Crippen LogP contribution < -0.4 is 4.31 Å². The van der Waals surface area contributed by atoms with Gasteiger partial charge in [0, 0.05) is 5.56 Å². The zero-order chi connectivity index (χ0) is 19.8. The molecular formula is C19H18FNO5S. The summed E-state index contributed by atoms with van der Waals surface area (Å²) in [6, 6.07) is 9.59. The van der Waals surface area contributed by atoms with Crippen LogP contribution in [0.2, 0.25) is 0 Å². The fraction of sp³-hybridized carbons (Fsp3) is 0.211. The molecule has 0 atom stereocenters. The van der Waals surface area contributed by atoms with Crippen molar-refractivity contribution >= 4 is 27.3 Å². The van der Waals surface area contributed by atoms with Gasteiger partial charge in [0.05, 0.1) is 23.7 Å². The predicted molar refractivity (Wildman–Crippen MR) is 98.3 cm³/mol. The molecule has 0 saturated carbocycles. The number of carbonyl (C=O) groups is 1. The van der Waals surface area contributed by atoms with Crippen LogP contribution in [-0.4, -0.2) is 32.6 Å². The van der Waals surface area contributed by atoms with E-state index in [1.165, 1.54) is 18.2 Å². The molecular weight excluding hydrogens is 373 g/mol. The van der Waals surface area contributed by atoms with E-state index in [0.29, 0.717) is 0 Å². The second-order valence-electron chi connectivity index (χ2n) is 6.03. The fourth-order valence-corrected chi connectivity index (χ4v) is 4.31. The summed E-state index contributed by atoms with van der Waals surface area (Å²) in [5.41, 5.74) is 0.717. The van der Waals surface area contributed by atoms with Crippen LogP contribution in [-0.2, 0) is 19.6 Å². The maximum Gasteiger partial charge on any atom is 0.342 e. The molecule has 27 heavy (non-hydrogen) atoms. The Morgan fingerprint density at radius 3 is 2.52 bits per heavy atom. The van der Waals surface area contributed by atoms with Gasteiger partial charge >= 0.3 is 5.97 Å². The Morgan fingerprint density at radius 1 is 1.22 bits per heavy atom. The van der Waals surface area contributed by atoms with Crippen molar-refractivity contribution in [1.82, 2.24) is 0 Å². The summed E-state index contributed by atoms with van der Waals surface area (Å²) in [4.78, 5) is 12.2. The first kappa shape index (κ1) is 18.9. The number of hydrogen-bond acceptors (Lipinski definition) is 5. The molecule has 1 aliphatic heterocycles. The van der Waals surface area contributed by atoms with E-state index in [2.05, 4.69) is 0 Å². The van der Waals surface area contributed by atoms with E-state index < -0.39 is 34.1 Å². The molecule has 0 amide bonds. The average Bonchev–Trinajstić information content (AvgIpc) is 2.61. The number of fused-ring (bicyclic) bond motifs is 1. The van der Waals surface area contributed by atoms with Gasteiger partial charge < -0.3 is 9.84 Å². The van der Waals surface area contributed by atoms with Gasteiger partial charge in [-0.1, -0.05) is 17.7 Å². The standard InChI is InChI=1S/C19H18FNO5S/c1-3-26-19(23)18-15-10-13(20)6-9-16(15)21(11-17(18)22)27(24,25)14-7-4-12(2)5-8-14/h4-10,22H,3,11H2,1-2H3. The van der Waals surface area contributed by atoms with Gasteiger partial charge in [0.1, 0.15) is 17.1 Å². The molecule has 142 valence electrons. The lowest BCUT2D eigenvalue weighted by molar-refractivity contribution is -0.136. The summed E-state index contributed by atoms with van der Waals surface area (Å²) < 4.78 is 45.8. The summed E-state index contributed by atoms with van der Waals surface area (Å²) >= 11 is 0. The molecule has 0 radical (unpaired) electrons. The number of anilines is 1. The lowest BCUT2D eigenvalue weighted by Gasteiger charge is -2.31. The number of esters is 1. The monoisotopic (exact) mass is 391 g/mol. The van der Waals surface area contributed by atoms with Crippen molar-refractivity contribution in [3.63, 3.8) is 0 Å². The first-order valence-corrected chi connectivity index (χ1v) is 9.68. The topological polar surface area (TPSA) is 83.9 Å². The van der Waals surface area contributed by atoms with E-state index in [1.807, 2.05) is 6.92 Å². The number of carbonyl (C=O) groups excluding carboxylic acids is 1. The van der Waals surface area contributed by atoms with Crippen LogP contribution in [0.3, 0.4) is 0 Å². The van der Waals surface area contributed by atoms with Gasteiger partial charge in [0.15, 0.2) is 0 Å². The number of aryl methyl sites for hydroxylation is 1.